The van der Waals surface area contributed by atoms with Crippen LogP contribution in [0.1, 0.15) is 11.1 Å². The SMILES string of the molecule is O=C(COc1ccc(OCc2ccccc2)cc1)NNC(=O)Cc1ccccc1F. The van der Waals surface area contributed by atoms with Crippen LogP contribution in [0.3, 0.4) is 0 Å². The van der Waals surface area contributed by atoms with Gasteiger partial charge in [-0.3, -0.25) is 20.4 Å². The van der Waals surface area contributed by atoms with Crippen LogP contribution < -0.4 is 20.3 Å². The van der Waals surface area contributed by atoms with Crippen LogP contribution in [0.5, 0.6) is 11.5 Å². The van der Waals surface area contributed by atoms with Gasteiger partial charge in [0.1, 0.15) is 23.9 Å². The third kappa shape index (κ3) is 6.63. The molecule has 0 aromatic heterocycles. The molecule has 0 heterocycles. The van der Waals surface area contributed by atoms with Crippen molar-refractivity contribution in [1.29, 1.82) is 0 Å². The van der Waals surface area contributed by atoms with Crippen LogP contribution in [0.25, 0.3) is 0 Å². The van der Waals surface area contributed by atoms with Gasteiger partial charge >= 0.3 is 0 Å². The molecule has 2 amide bonds. The van der Waals surface area contributed by atoms with Crippen LogP contribution in [-0.4, -0.2) is 18.4 Å². The Hall–Kier alpha value is -3.87. The average molecular weight is 408 g/mol. The molecule has 0 aliphatic rings. The van der Waals surface area contributed by atoms with E-state index in [9.17, 15) is 14.0 Å². The highest BCUT2D eigenvalue weighted by atomic mass is 19.1. The summed E-state index contributed by atoms with van der Waals surface area (Å²) in [4.78, 5) is 23.6. The summed E-state index contributed by atoms with van der Waals surface area (Å²) in [5, 5.41) is 0. The number of halogens is 1. The van der Waals surface area contributed by atoms with Gasteiger partial charge in [-0.2, -0.15) is 0 Å². The number of carbonyl (C=O) groups excluding carboxylic acids is 2. The van der Waals surface area contributed by atoms with Crippen molar-refractivity contribution in [3.05, 3.63) is 95.8 Å². The lowest BCUT2D eigenvalue weighted by molar-refractivity contribution is -0.129. The highest BCUT2D eigenvalue weighted by Crippen LogP contribution is 2.18. The molecule has 0 aliphatic carbocycles. The summed E-state index contributed by atoms with van der Waals surface area (Å²) in [7, 11) is 0. The number of benzene rings is 3. The average Bonchev–Trinajstić information content (AvgIpc) is 2.78. The van der Waals surface area contributed by atoms with Crippen LogP contribution in [0.4, 0.5) is 4.39 Å². The minimum absolute atomic E-state index is 0.182. The Morgan fingerprint density at radius 1 is 0.733 bits per heavy atom. The molecule has 0 aliphatic heterocycles. The summed E-state index contributed by atoms with van der Waals surface area (Å²) < 4.78 is 24.6. The smallest absolute Gasteiger partial charge is 0.276 e. The second-order valence-electron chi connectivity index (χ2n) is 6.40. The largest absolute Gasteiger partial charge is 0.489 e. The van der Waals surface area contributed by atoms with E-state index in [4.69, 9.17) is 9.47 Å². The molecule has 3 aromatic carbocycles. The predicted octanol–water partition coefficient (Wildman–Crippen LogP) is 3.17. The summed E-state index contributed by atoms with van der Waals surface area (Å²) in [6, 6.07) is 22.6. The van der Waals surface area contributed by atoms with E-state index in [1.165, 1.54) is 18.2 Å². The summed E-state index contributed by atoms with van der Waals surface area (Å²) in [5.74, 6) is -0.390. The standard InChI is InChI=1S/C23H21FN2O4/c24-21-9-5-4-8-18(21)14-22(27)25-26-23(28)16-30-20-12-10-19(11-13-20)29-15-17-6-2-1-3-7-17/h1-13H,14-16H2,(H,25,27)(H,26,28). The summed E-state index contributed by atoms with van der Waals surface area (Å²) in [6.45, 7) is 0.167. The van der Waals surface area contributed by atoms with Crippen molar-refractivity contribution in [2.75, 3.05) is 6.61 Å². The van der Waals surface area contributed by atoms with Crippen molar-refractivity contribution in [3.8, 4) is 11.5 Å². The first-order valence-electron chi connectivity index (χ1n) is 9.31. The molecule has 3 rings (SSSR count). The first kappa shape index (κ1) is 20.9. The Morgan fingerprint density at radius 2 is 1.33 bits per heavy atom. The highest BCUT2D eigenvalue weighted by molar-refractivity contribution is 5.83. The van der Waals surface area contributed by atoms with Crippen molar-refractivity contribution in [2.24, 2.45) is 0 Å². The maximum atomic E-state index is 13.5. The van der Waals surface area contributed by atoms with Gasteiger partial charge in [-0.05, 0) is 41.5 Å². The van der Waals surface area contributed by atoms with Crippen molar-refractivity contribution in [3.63, 3.8) is 0 Å². The van der Waals surface area contributed by atoms with Crippen molar-refractivity contribution >= 4 is 11.8 Å². The third-order valence-corrected chi connectivity index (χ3v) is 4.09. The molecule has 30 heavy (non-hydrogen) atoms. The number of ether oxygens (including phenoxy) is 2. The molecule has 0 saturated heterocycles. The molecule has 0 atom stereocenters. The fourth-order valence-corrected chi connectivity index (χ4v) is 2.56. The lowest BCUT2D eigenvalue weighted by atomic mass is 10.1. The van der Waals surface area contributed by atoms with Crippen molar-refractivity contribution < 1.29 is 23.5 Å². The number of rotatable bonds is 8. The zero-order chi connectivity index (χ0) is 21.2. The fraction of sp³-hybridized carbons (Fsp3) is 0.130. The van der Waals surface area contributed by atoms with Crippen LogP contribution in [0, 0.1) is 5.82 Å². The molecule has 0 fully saturated rings. The van der Waals surface area contributed by atoms with Gasteiger partial charge in [-0.25, -0.2) is 4.39 Å². The second kappa shape index (κ2) is 10.6. The van der Waals surface area contributed by atoms with Gasteiger partial charge in [0.25, 0.3) is 5.91 Å². The Kier molecular flexibility index (Phi) is 7.38. The molecule has 3 aromatic rings. The van der Waals surface area contributed by atoms with Gasteiger partial charge in [0.2, 0.25) is 5.91 Å². The lowest BCUT2D eigenvalue weighted by Gasteiger charge is -2.10. The third-order valence-electron chi connectivity index (χ3n) is 4.09. The molecular formula is C23H21FN2O4. The fourth-order valence-electron chi connectivity index (χ4n) is 2.56. The van der Waals surface area contributed by atoms with Crippen molar-refractivity contribution in [1.82, 2.24) is 10.9 Å². The second-order valence-corrected chi connectivity index (χ2v) is 6.40. The van der Waals surface area contributed by atoms with E-state index < -0.39 is 17.6 Å². The summed E-state index contributed by atoms with van der Waals surface area (Å²) in [6.07, 6.45) is -0.182. The van der Waals surface area contributed by atoms with E-state index in [0.29, 0.717) is 18.1 Å². The zero-order valence-corrected chi connectivity index (χ0v) is 16.1. The molecule has 6 nitrogen and oxygen atoms in total. The first-order valence-corrected chi connectivity index (χ1v) is 9.31. The molecule has 0 spiro atoms. The minimum atomic E-state index is -0.540. The Bertz CT molecular complexity index is 978. The molecule has 154 valence electrons. The van der Waals surface area contributed by atoms with Crippen LogP contribution in [-0.2, 0) is 22.6 Å². The van der Waals surface area contributed by atoms with Gasteiger partial charge in [0, 0.05) is 0 Å². The predicted molar refractivity (Wildman–Crippen MR) is 109 cm³/mol. The Morgan fingerprint density at radius 3 is 2.03 bits per heavy atom. The number of hydrogen-bond donors (Lipinski definition) is 2. The quantitative estimate of drug-likeness (QED) is 0.562. The van der Waals surface area contributed by atoms with E-state index in [2.05, 4.69) is 10.9 Å². The van der Waals surface area contributed by atoms with Gasteiger partial charge < -0.3 is 9.47 Å². The van der Waals surface area contributed by atoms with E-state index >= 15 is 0 Å². The normalized spacial score (nSPS) is 10.2. The summed E-state index contributed by atoms with van der Waals surface area (Å²) >= 11 is 0. The van der Waals surface area contributed by atoms with Gasteiger partial charge in [0.15, 0.2) is 6.61 Å². The van der Waals surface area contributed by atoms with E-state index in [-0.39, 0.29) is 18.6 Å². The molecule has 0 radical (unpaired) electrons. The Labute approximate surface area is 173 Å². The maximum Gasteiger partial charge on any atom is 0.276 e. The van der Waals surface area contributed by atoms with Crippen LogP contribution >= 0.6 is 0 Å². The highest BCUT2D eigenvalue weighted by Gasteiger charge is 2.09. The van der Waals surface area contributed by atoms with E-state index in [1.54, 1.807) is 30.3 Å². The number of hydrogen-bond acceptors (Lipinski definition) is 4. The Balaban J connectivity index is 1.37. The molecular weight excluding hydrogens is 387 g/mol. The molecule has 0 bridgehead atoms. The van der Waals surface area contributed by atoms with E-state index in [0.717, 1.165) is 5.56 Å². The topological polar surface area (TPSA) is 76.7 Å². The zero-order valence-electron chi connectivity index (χ0n) is 16.1. The monoisotopic (exact) mass is 408 g/mol. The van der Waals surface area contributed by atoms with Crippen molar-refractivity contribution in [2.45, 2.75) is 13.0 Å². The van der Waals surface area contributed by atoms with Gasteiger partial charge in [0.05, 0.1) is 6.42 Å². The molecule has 0 saturated carbocycles. The number of amides is 2. The maximum absolute atomic E-state index is 13.5. The van der Waals surface area contributed by atoms with Gasteiger partial charge in [-0.1, -0.05) is 48.5 Å². The number of nitrogens with one attached hydrogen (secondary N) is 2. The molecule has 0 unspecified atom stereocenters. The molecule has 2 N–H and O–H groups in total. The number of hydrazine groups is 1. The van der Waals surface area contributed by atoms with E-state index in [1.807, 2.05) is 30.3 Å². The lowest BCUT2D eigenvalue weighted by Crippen LogP contribution is -2.44. The number of carbonyl (C=O) groups is 2. The minimum Gasteiger partial charge on any atom is -0.489 e. The summed E-state index contributed by atoms with van der Waals surface area (Å²) in [5.41, 5.74) is 5.77. The van der Waals surface area contributed by atoms with Crippen LogP contribution in [0.15, 0.2) is 78.9 Å². The van der Waals surface area contributed by atoms with Gasteiger partial charge in [-0.15, -0.1) is 0 Å². The molecule has 7 heteroatoms. The van der Waals surface area contributed by atoms with Crippen LogP contribution in [0.2, 0.25) is 0 Å². The first-order chi connectivity index (χ1) is 14.6.